The Morgan fingerprint density at radius 1 is 1.08 bits per heavy atom. The lowest BCUT2D eigenvalue weighted by atomic mass is 10.2. The van der Waals surface area contributed by atoms with Gasteiger partial charge in [0.2, 0.25) is 5.89 Å². The Kier molecular flexibility index (Phi) is 3.98. The number of nitro groups is 1. The fourth-order valence-electron chi connectivity index (χ4n) is 1.89. The maximum atomic E-state index is 12.8. The lowest BCUT2D eigenvalue weighted by molar-refractivity contribution is -0.384. The van der Waals surface area contributed by atoms with Crippen LogP contribution in [0.5, 0.6) is 0 Å². The average Bonchev–Trinajstić information content (AvgIpc) is 3.04. The van der Waals surface area contributed by atoms with E-state index in [1.807, 2.05) is 0 Å². The van der Waals surface area contributed by atoms with E-state index < -0.39 is 16.6 Å². The minimum Gasteiger partial charge on any atom is -0.403 e. The Labute approximate surface area is 134 Å². The van der Waals surface area contributed by atoms with Crippen molar-refractivity contribution in [2.45, 2.75) is 0 Å². The van der Waals surface area contributed by atoms with Crippen molar-refractivity contribution in [1.82, 2.24) is 10.2 Å². The van der Waals surface area contributed by atoms with Crippen molar-refractivity contribution in [2.75, 3.05) is 5.32 Å². The van der Waals surface area contributed by atoms with Gasteiger partial charge in [0.15, 0.2) is 0 Å². The van der Waals surface area contributed by atoms with Crippen molar-refractivity contribution in [3.05, 3.63) is 70.0 Å². The molecule has 8 nitrogen and oxygen atoms in total. The summed E-state index contributed by atoms with van der Waals surface area (Å²) in [5, 5.41) is 20.4. The normalized spacial score (nSPS) is 10.4. The second-order valence-electron chi connectivity index (χ2n) is 4.68. The molecular formula is C15H9FN4O4. The second kappa shape index (κ2) is 6.24. The van der Waals surface area contributed by atoms with Crippen LogP contribution in [0.15, 0.2) is 52.9 Å². The first kappa shape index (κ1) is 15.3. The van der Waals surface area contributed by atoms with E-state index in [0.29, 0.717) is 5.56 Å². The van der Waals surface area contributed by atoms with E-state index in [2.05, 4.69) is 15.5 Å². The lowest BCUT2D eigenvalue weighted by Gasteiger charge is -2.00. The van der Waals surface area contributed by atoms with Gasteiger partial charge < -0.3 is 4.42 Å². The van der Waals surface area contributed by atoms with Gasteiger partial charge in [0.25, 0.3) is 11.6 Å². The van der Waals surface area contributed by atoms with Crippen LogP contribution in [-0.2, 0) is 0 Å². The highest BCUT2D eigenvalue weighted by Gasteiger charge is 2.14. The molecule has 0 atom stereocenters. The van der Waals surface area contributed by atoms with Crippen LogP contribution in [0.25, 0.3) is 11.5 Å². The molecule has 0 saturated carbocycles. The summed E-state index contributed by atoms with van der Waals surface area (Å²) >= 11 is 0. The molecule has 2 aromatic carbocycles. The van der Waals surface area contributed by atoms with Gasteiger partial charge in [-0.1, -0.05) is 5.10 Å². The van der Waals surface area contributed by atoms with Gasteiger partial charge in [0.1, 0.15) is 5.82 Å². The number of amides is 1. The van der Waals surface area contributed by atoms with E-state index in [1.54, 1.807) is 0 Å². The van der Waals surface area contributed by atoms with Gasteiger partial charge in [-0.2, -0.15) is 0 Å². The average molecular weight is 328 g/mol. The third kappa shape index (κ3) is 3.24. The molecule has 9 heteroatoms. The van der Waals surface area contributed by atoms with E-state index in [-0.39, 0.29) is 23.2 Å². The SMILES string of the molecule is O=C(Nc1nnc(-c2ccc([N+](=O)[O-])cc2)o1)c1ccc(F)cc1. The predicted molar refractivity (Wildman–Crippen MR) is 80.7 cm³/mol. The number of non-ortho nitro benzene ring substituents is 1. The minimum absolute atomic E-state index is 0.0666. The van der Waals surface area contributed by atoms with Crippen molar-refractivity contribution >= 4 is 17.6 Å². The van der Waals surface area contributed by atoms with Crippen molar-refractivity contribution in [1.29, 1.82) is 0 Å². The number of benzene rings is 2. The minimum atomic E-state index is -0.533. The molecule has 0 radical (unpaired) electrons. The highest BCUT2D eigenvalue weighted by Crippen LogP contribution is 2.22. The number of aromatic nitrogens is 2. The van der Waals surface area contributed by atoms with Crippen LogP contribution in [0.2, 0.25) is 0 Å². The number of carbonyl (C=O) groups excluding carboxylic acids is 1. The molecular weight excluding hydrogens is 319 g/mol. The molecule has 0 aliphatic rings. The Bertz CT molecular complexity index is 891. The molecule has 0 bridgehead atoms. The van der Waals surface area contributed by atoms with Crippen LogP contribution in [0, 0.1) is 15.9 Å². The highest BCUT2D eigenvalue weighted by atomic mass is 19.1. The van der Waals surface area contributed by atoms with Gasteiger partial charge in [-0.05, 0) is 36.4 Å². The molecule has 24 heavy (non-hydrogen) atoms. The summed E-state index contributed by atoms with van der Waals surface area (Å²) in [7, 11) is 0. The third-order valence-electron chi connectivity index (χ3n) is 3.08. The first-order valence-corrected chi connectivity index (χ1v) is 6.68. The summed E-state index contributed by atoms with van der Waals surface area (Å²) in [6.45, 7) is 0. The van der Waals surface area contributed by atoms with Crippen molar-refractivity contribution in [2.24, 2.45) is 0 Å². The molecule has 0 aliphatic carbocycles. The van der Waals surface area contributed by atoms with Gasteiger partial charge in [-0.15, -0.1) is 5.10 Å². The van der Waals surface area contributed by atoms with Gasteiger partial charge >= 0.3 is 6.01 Å². The van der Waals surface area contributed by atoms with Crippen LogP contribution >= 0.6 is 0 Å². The maximum absolute atomic E-state index is 12.8. The quantitative estimate of drug-likeness (QED) is 0.582. The fraction of sp³-hybridized carbons (Fsp3) is 0. The molecule has 3 aromatic rings. The molecule has 120 valence electrons. The van der Waals surface area contributed by atoms with Gasteiger partial charge in [-0.3, -0.25) is 20.2 Å². The molecule has 3 rings (SSSR count). The van der Waals surface area contributed by atoms with E-state index >= 15 is 0 Å². The number of hydrogen-bond acceptors (Lipinski definition) is 6. The molecule has 1 heterocycles. The number of rotatable bonds is 4. The molecule has 1 amide bonds. The number of carbonyl (C=O) groups is 1. The molecule has 0 saturated heterocycles. The number of anilines is 1. The van der Waals surface area contributed by atoms with Crippen LogP contribution in [-0.4, -0.2) is 21.0 Å². The van der Waals surface area contributed by atoms with Crippen LogP contribution in [0.3, 0.4) is 0 Å². The largest absolute Gasteiger partial charge is 0.403 e. The number of nitrogens with zero attached hydrogens (tertiary/aromatic N) is 3. The highest BCUT2D eigenvalue weighted by molar-refractivity contribution is 6.03. The zero-order valence-electron chi connectivity index (χ0n) is 12.0. The first-order chi connectivity index (χ1) is 11.5. The molecule has 0 unspecified atom stereocenters. The number of halogens is 1. The Balaban J connectivity index is 1.74. The molecule has 1 aromatic heterocycles. The van der Waals surface area contributed by atoms with Crippen molar-refractivity contribution in [3.63, 3.8) is 0 Å². The Morgan fingerprint density at radius 3 is 2.38 bits per heavy atom. The zero-order chi connectivity index (χ0) is 17.1. The van der Waals surface area contributed by atoms with Crippen LogP contribution in [0.1, 0.15) is 10.4 Å². The predicted octanol–water partition coefficient (Wildman–Crippen LogP) is 3.04. The second-order valence-corrected chi connectivity index (χ2v) is 4.68. The molecule has 0 fully saturated rings. The summed E-state index contributed by atoms with van der Waals surface area (Å²) in [6, 6.07) is 10.3. The summed E-state index contributed by atoms with van der Waals surface area (Å²) in [5.74, 6) is -0.891. The van der Waals surface area contributed by atoms with E-state index in [4.69, 9.17) is 4.42 Å². The number of nitrogens with one attached hydrogen (secondary N) is 1. The lowest BCUT2D eigenvalue weighted by Crippen LogP contribution is -2.12. The molecule has 1 N–H and O–H groups in total. The third-order valence-corrected chi connectivity index (χ3v) is 3.08. The van der Waals surface area contributed by atoms with Crippen molar-refractivity contribution < 1.29 is 18.5 Å². The zero-order valence-corrected chi connectivity index (χ0v) is 12.0. The van der Waals surface area contributed by atoms with Crippen molar-refractivity contribution in [3.8, 4) is 11.5 Å². The van der Waals surface area contributed by atoms with E-state index in [1.165, 1.54) is 36.4 Å². The number of hydrogen-bond donors (Lipinski definition) is 1. The fourth-order valence-corrected chi connectivity index (χ4v) is 1.89. The van der Waals surface area contributed by atoms with E-state index in [0.717, 1.165) is 12.1 Å². The summed E-state index contributed by atoms with van der Waals surface area (Å²) in [4.78, 5) is 22.0. The van der Waals surface area contributed by atoms with Gasteiger partial charge in [0.05, 0.1) is 4.92 Å². The standard InChI is InChI=1S/C15H9FN4O4/c16-11-5-1-9(2-6-11)13(21)17-15-19-18-14(24-15)10-3-7-12(8-4-10)20(22)23/h1-8H,(H,17,19,21). The Morgan fingerprint density at radius 2 is 1.75 bits per heavy atom. The molecule has 0 spiro atoms. The molecule has 0 aliphatic heterocycles. The van der Waals surface area contributed by atoms with Crippen LogP contribution in [0.4, 0.5) is 16.1 Å². The number of nitro benzene ring substituents is 1. The topological polar surface area (TPSA) is 111 Å². The maximum Gasteiger partial charge on any atom is 0.322 e. The first-order valence-electron chi connectivity index (χ1n) is 6.68. The summed E-state index contributed by atoms with van der Waals surface area (Å²) in [5.41, 5.74) is 0.630. The summed E-state index contributed by atoms with van der Waals surface area (Å²) in [6.07, 6.45) is 0. The van der Waals surface area contributed by atoms with Crippen LogP contribution < -0.4 is 5.32 Å². The monoisotopic (exact) mass is 328 g/mol. The smallest absolute Gasteiger partial charge is 0.322 e. The van der Waals surface area contributed by atoms with Gasteiger partial charge in [0, 0.05) is 23.3 Å². The van der Waals surface area contributed by atoms with Gasteiger partial charge in [-0.25, -0.2) is 4.39 Å². The Hall–Kier alpha value is -3.62. The van der Waals surface area contributed by atoms with E-state index in [9.17, 15) is 19.3 Å². The summed E-state index contributed by atoms with van der Waals surface area (Å²) < 4.78 is 18.1.